The Morgan fingerprint density at radius 1 is 1.53 bits per heavy atom. The third-order valence-corrected chi connectivity index (χ3v) is 2.54. The van der Waals surface area contributed by atoms with Crippen LogP contribution in [0.1, 0.15) is 24.2 Å². The molecule has 1 aromatic rings. The van der Waals surface area contributed by atoms with Crippen molar-refractivity contribution in [3.63, 3.8) is 0 Å². The first kappa shape index (κ1) is 12.1. The fourth-order valence-electron chi connectivity index (χ4n) is 1.71. The highest BCUT2D eigenvalue weighted by Crippen LogP contribution is 2.21. The Balaban J connectivity index is 1.82. The summed E-state index contributed by atoms with van der Waals surface area (Å²) in [6.45, 7) is 4.69. The van der Waals surface area contributed by atoms with Gasteiger partial charge in [0.15, 0.2) is 5.79 Å². The monoisotopic (exact) mass is 234 g/mol. The van der Waals surface area contributed by atoms with Gasteiger partial charge in [-0.15, -0.1) is 0 Å². The van der Waals surface area contributed by atoms with Crippen LogP contribution >= 0.6 is 0 Å². The van der Waals surface area contributed by atoms with Crippen LogP contribution in [-0.2, 0) is 9.47 Å². The number of carbonyl (C=O) groups excluding carboxylic acids is 1. The third kappa shape index (κ3) is 3.28. The molecular weight excluding hydrogens is 218 g/mol. The number of carbonyl (C=O) groups is 1. The van der Waals surface area contributed by atoms with E-state index in [1.807, 2.05) is 13.8 Å². The molecule has 1 heterocycles. The van der Waals surface area contributed by atoms with Crippen LogP contribution < -0.4 is 5.32 Å². The lowest BCUT2D eigenvalue weighted by molar-refractivity contribution is -0.137. The summed E-state index contributed by atoms with van der Waals surface area (Å²) in [5.74, 6) is -0.649. The molecule has 0 aliphatic carbocycles. The summed E-state index contributed by atoms with van der Waals surface area (Å²) >= 11 is 0. The number of nitrogens with one attached hydrogen (secondary N) is 1. The predicted molar refractivity (Wildman–Crippen MR) is 62.5 cm³/mol. The second-order valence-electron chi connectivity index (χ2n) is 4.45. The van der Waals surface area contributed by atoms with Crippen molar-refractivity contribution in [2.75, 3.05) is 13.2 Å². The highest BCUT2D eigenvalue weighted by molar-refractivity contribution is 5.94. The number of ether oxygens (including phenoxy) is 2. The fourth-order valence-corrected chi connectivity index (χ4v) is 1.71. The summed E-state index contributed by atoms with van der Waals surface area (Å²) in [6.07, 6.45) is -0.0794. The first-order chi connectivity index (χ1) is 8.07. The van der Waals surface area contributed by atoms with E-state index in [-0.39, 0.29) is 12.0 Å². The maximum absolute atomic E-state index is 11.7. The number of amides is 1. The van der Waals surface area contributed by atoms with E-state index in [4.69, 9.17) is 9.47 Å². The van der Waals surface area contributed by atoms with Crippen molar-refractivity contribution in [3.8, 4) is 0 Å². The Labute approximate surface area is 101 Å². The molecule has 1 unspecified atom stereocenters. The van der Waals surface area contributed by atoms with E-state index in [0.29, 0.717) is 18.7 Å². The summed E-state index contributed by atoms with van der Waals surface area (Å²) in [7, 11) is 0. The molecule has 1 N–H and O–H groups in total. The van der Waals surface area contributed by atoms with Gasteiger partial charge in [-0.05, 0) is 32.0 Å². The Kier molecular flexibility index (Phi) is 3.45. The molecular formula is C13H16NO3. The fraction of sp³-hybridized carbons (Fsp3) is 0.462. The molecule has 1 amide bonds. The van der Waals surface area contributed by atoms with Gasteiger partial charge in [-0.3, -0.25) is 4.79 Å². The minimum absolute atomic E-state index is 0.0794. The molecule has 1 radical (unpaired) electrons. The van der Waals surface area contributed by atoms with Crippen LogP contribution in [0.5, 0.6) is 0 Å². The van der Waals surface area contributed by atoms with Gasteiger partial charge in [0.05, 0.1) is 6.61 Å². The van der Waals surface area contributed by atoms with Crippen molar-refractivity contribution < 1.29 is 14.3 Å². The number of hydrogen-bond donors (Lipinski definition) is 1. The number of rotatable bonds is 3. The molecule has 0 saturated carbocycles. The topological polar surface area (TPSA) is 47.6 Å². The van der Waals surface area contributed by atoms with Crippen molar-refractivity contribution >= 4 is 5.91 Å². The molecule has 1 aromatic carbocycles. The van der Waals surface area contributed by atoms with Crippen LogP contribution in [0, 0.1) is 6.07 Å². The molecule has 0 aromatic heterocycles. The second-order valence-corrected chi connectivity index (χ2v) is 4.45. The maximum Gasteiger partial charge on any atom is 0.251 e. The zero-order valence-corrected chi connectivity index (χ0v) is 10.0. The van der Waals surface area contributed by atoms with E-state index >= 15 is 0 Å². The third-order valence-electron chi connectivity index (χ3n) is 2.54. The maximum atomic E-state index is 11.7. The van der Waals surface area contributed by atoms with Gasteiger partial charge >= 0.3 is 0 Å². The van der Waals surface area contributed by atoms with E-state index in [2.05, 4.69) is 11.4 Å². The standard InChI is InChI=1S/C13H16NO3/c1-13(2)16-9-11(17-13)8-14-12(15)10-6-4-3-5-7-10/h4-7,11H,8-9H2,1-2H3,(H,14,15). The van der Waals surface area contributed by atoms with Crippen LogP contribution in [0.4, 0.5) is 0 Å². The largest absolute Gasteiger partial charge is 0.349 e. The van der Waals surface area contributed by atoms with Gasteiger partial charge in [-0.2, -0.15) is 0 Å². The quantitative estimate of drug-likeness (QED) is 0.859. The van der Waals surface area contributed by atoms with Crippen molar-refractivity contribution in [2.45, 2.75) is 25.7 Å². The van der Waals surface area contributed by atoms with E-state index in [9.17, 15) is 4.79 Å². The van der Waals surface area contributed by atoms with Crippen molar-refractivity contribution in [1.29, 1.82) is 0 Å². The normalized spacial score (nSPS) is 22.4. The van der Waals surface area contributed by atoms with E-state index in [1.54, 1.807) is 24.3 Å². The number of benzene rings is 1. The van der Waals surface area contributed by atoms with Gasteiger partial charge in [-0.25, -0.2) is 0 Å². The second kappa shape index (κ2) is 4.85. The summed E-state index contributed by atoms with van der Waals surface area (Å²) in [6, 6.07) is 9.76. The first-order valence-corrected chi connectivity index (χ1v) is 5.63. The van der Waals surface area contributed by atoms with E-state index in [0.717, 1.165) is 0 Å². The highest BCUT2D eigenvalue weighted by Gasteiger charge is 2.32. The molecule has 1 atom stereocenters. The minimum Gasteiger partial charge on any atom is -0.349 e. The van der Waals surface area contributed by atoms with Crippen LogP contribution in [0.3, 0.4) is 0 Å². The molecule has 4 heteroatoms. The van der Waals surface area contributed by atoms with Gasteiger partial charge < -0.3 is 14.8 Å². The van der Waals surface area contributed by atoms with E-state index in [1.165, 1.54) is 0 Å². The van der Waals surface area contributed by atoms with E-state index < -0.39 is 5.79 Å². The molecule has 1 aliphatic rings. The van der Waals surface area contributed by atoms with Crippen molar-refractivity contribution in [3.05, 3.63) is 35.9 Å². The van der Waals surface area contributed by atoms with Gasteiger partial charge in [0.25, 0.3) is 5.91 Å². The Morgan fingerprint density at radius 2 is 2.24 bits per heavy atom. The lowest BCUT2D eigenvalue weighted by Crippen LogP contribution is -2.34. The molecule has 17 heavy (non-hydrogen) atoms. The predicted octanol–water partition coefficient (Wildman–Crippen LogP) is 1.37. The lowest BCUT2D eigenvalue weighted by Gasteiger charge is -2.17. The summed E-state index contributed by atoms with van der Waals surface area (Å²) < 4.78 is 11.0. The summed E-state index contributed by atoms with van der Waals surface area (Å²) in [4.78, 5) is 11.7. The average molecular weight is 234 g/mol. The lowest BCUT2D eigenvalue weighted by atomic mass is 10.2. The first-order valence-electron chi connectivity index (χ1n) is 5.63. The summed E-state index contributed by atoms with van der Waals surface area (Å²) in [5.41, 5.74) is 0.627. The Bertz CT molecular complexity index is 389. The van der Waals surface area contributed by atoms with Gasteiger partial charge in [0, 0.05) is 12.1 Å². The Morgan fingerprint density at radius 3 is 2.82 bits per heavy atom. The van der Waals surface area contributed by atoms with Crippen LogP contribution in [0.15, 0.2) is 24.3 Å². The SMILES string of the molecule is CC1(C)OCC(CNC(=O)c2cc[c]cc2)O1. The molecule has 0 spiro atoms. The van der Waals surface area contributed by atoms with Crippen molar-refractivity contribution in [2.24, 2.45) is 0 Å². The van der Waals surface area contributed by atoms with Gasteiger partial charge in [-0.1, -0.05) is 12.1 Å². The molecule has 1 saturated heterocycles. The molecule has 1 fully saturated rings. The zero-order chi connectivity index (χ0) is 12.3. The number of hydrogen-bond acceptors (Lipinski definition) is 3. The summed E-state index contributed by atoms with van der Waals surface area (Å²) in [5, 5.41) is 2.82. The molecule has 0 bridgehead atoms. The smallest absolute Gasteiger partial charge is 0.251 e. The Hall–Kier alpha value is -1.39. The van der Waals surface area contributed by atoms with Crippen LogP contribution in [0.25, 0.3) is 0 Å². The highest BCUT2D eigenvalue weighted by atomic mass is 16.7. The van der Waals surface area contributed by atoms with Gasteiger partial charge in [0.2, 0.25) is 0 Å². The average Bonchev–Trinajstić information content (AvgIpc) is 2.67. The van der Waals surface area contributed by atoms with Crippen LogP contribution in [-0.4, -0.2) is 30.9 Å². The minimum atomic E-state index is -0.545. The molecule has 91 valence electrons. The molecule has 1 aliphatic heterocycles. The molecule has 2 rings (SSSR count). The zero-order valence-electron chi connectivity index (χ0n) is 10.0. The van der Waals surface area contributed by atoms with Crippen LogP contribution in [0.2, 0.25) is 0 Å². The molecule has 4 nitrogen and oxygen atoms in total. The van der Waals surface area contributed by atoms with Gasteiger partial charge in [0.1, 0.15) is 6.10 Å². The van der Waals surface area contributed by atoms with Crippen molar-refractivity contribution in [1.82, 2.24) is 5.32 Å².